The van der Waals surface area contributed by atoms with Gasteiger partial charge in [0.05, 0.1) is 29.9 Å². The molecule has 7 heteroatoms. The maximum atomic E-state index is 13.9. The Morgan fingerprint density at radius 2 is 1.88 bits per heavy atom. The monoisotopic (exact) mass is 457 g/mol. The lowest BCUT2D eigenvalue weighted by Crippen LogP contribution is -2.52. The van der Waals surface area contributed by atoms with Crippen molar-refractivity contribution in [2.45, 2.75) is 52.1 Å². The summed E-state index contributed by atoms with van der Waals surface area (Å²) in [5.41, 5.74) is 4.26. The molecule has 2 unspecified atom stereocenters. The van der Waals surface area contributed by atoms with Crippen LogP contribution in [0.3, 0.4) is 0 Å². The average Bonchev–Trinajstić information content (AvgIpc) is 3.35. The van der Waals surface area contributed by atoms with Crippen molar-refractivity contribution in [1.82, 2.24) is 24.6 Å². The first-order chi connectivity index (χ1) is 16.5. The van der Waals surface area contributed by atoms with E-state index in [1.165, 1.54) is 0 Å². The number of para-hydroxylation sites is 1. The molecule has 2 aromatic heterocycles. The van der Waals surface area contributed by atoms with E-state index in [2.05, 4.69) is 18.8 Å². The number of fused-ring (bicyclic) bond motifs is 1. The second-order valence-electron chi connectivity index (χ2n) is 9.63. The lowest BCUT2D eigenvalue weighted by Gasteiger charge is -2.41. The van der Waals surface area contributed by atoms with Gasteiger partial charge in [0.15, 0.2) is 0 Å². The van der Waals surface area contributed by atoms with Gasteiger partial charge in [0.1, 0.15) is 5.69 Å². The SMILES string of the molecule is Cc1nn(-c2ccccc2)c2c1C(C(C)C)N(C1CCCN(C(=O)Cc3ccccn3)C1)C2=O. The maximum Gasteiger partial charge on any atom is 0.273 e. The molecular weight excluding hydrogens is 426 g/mol. The van der Waals surface area contributed by atoms with E-state index in [1.807, 2.05) is 65.3 Å². The van der Waals surface area contributed by atoms with Crippen molar-refractivity contribution in [2.24, 2.45) is 5.92 Å². The Morgan fingerprint density at radius 1 is 1.12 bits per heavy atom. The van der Waals surface area contributed by atoms with Crippen molar-refractivity contribution in [3.05, 3.63) is 77.4 Å². The standard InChI is InChI=1S/C27H31N5O2/c1-18(2)25-24-19(3)29-32(21-11-5-4-6-12-21)26(24)27(34)31(25)22-13-9-15-30(17-22)23(33)16-20-10-7-8-14-28-20/h4-8,10-12,14,18,22,25H,9,13,15-17H2,1-3H3. The van der Waals surface area contributed by atoms with Crippen molar-refractivity contribution >= 4 is 11.8 Å². The van der Waals surface area contributed by atoms with Crippen LogP contribution >= 0.6 is 0 Å². The van der Waals surface area contributed by atoms with Crippen LogP contribution in [0.2, 0.25) is 0 Å². The third-order valence-electron chi connectivity index (χ3n) is 6.97. The van der Waals surface area contributed by atoms with Gasteiger partial charge in [-0.1, -0.05) is 38.1 Å². The number of nitrogens with zero attached hydrogens (tertiary/aromatic N) is 5. The van der Waals surface area contributed by atoms with Crippen LogP contribution in [-0.4, -0.2) is 55.5 Å². The average molecular weight is 458 g/mol. The minimum atomic E-state index is -0.0456. The summed E-state index contributed by atoms with van der Waals surface area (Å²) in [4.78, 5) is 35.3. The lowest BCUT2D eigenvalue weighted by molar-refractivity contribution is -0.132. The van der Waals surface area contributed by atoms with Crippen LogP contribution in [0.5, 0.6) is 0 Å². The molecule has 2 atom stereocenters. The van der Waals surface area contributed by atoms with Crippen LogP contribution in [0.15, 0.2) is 54.7 Å². The lowest BCUT2D eigenvalue weighted by atomic mass is 9.94. The number of aromatic nitrogens is 3. The van der Waals surface area contributed by atoms with Crippen LogP contribution in [0.1, 0.15) is 60.2 Å². The summed E-state index contributed by atoms with van der Waals surface area (Å²) in [6.07, 6.45) is 3.78. The number of hydrogen-bond donors (Lipinski definition) is 0. The molecule has 0 bridgehead atoms. The van der Waals surface area contributed by atoms with Gasteiger partial charge in [0.2, 0.25) is 5.91 Å². The number of amides is 2. The molecule has 0 aliphatic carbocycles. The first kappa shape index (κ1) is 22.3. The normalized spacial score (nSPS) is 20.2. The predicted octanol–water partition coefficient (Wildman–Crippen LogP) is 3.96. The molecular formula is C27H31N5O2. The van der Waals surface area contributed by atoms with Crippen molar-refractivity contribution in [3.63, 3.8) is 0 Å². The summed E-state index contributed by atoms with van der Waals surface area (Å²) < 4.78 is 1.80. The number of carbonyl (C=O) groups excluding carboxylic acids is 2. The Labute approximate surface area is 200 Å². The van der Waals surface area contributed by atoms with E-state index in [0.29, 0.717) is 12.2 Å². The number of pyridine rings is 1. The maximum absolute atomic E-state index is 13.9. The van der Waals surface area contributed by atoms with E-state index >= 15 is 0 Å². The first-order valence-electron chi connectivity index (χ1n) is 12.1. The fraction of sp³-hybridized carbons (Fsp3) is 0.407. The third-order valence-corrected chi connectivity index (χ3v) is 6.97. The quantitative estimate of drug-likeness (QED) is 0.581. The number of aryl methyl sites for hydroxylation is 1. The fourth-order valence-electron chi connectivity index (χ4n) is 5.47. The fourth-order valence-corrected chi connectivity index (χ4v) is 5.47. The van der Waals surface area contributed by atoms with Crippen molar-refractivity contribution in [2.75, 3.05) is 13.1 Å². The molecule has 2 aliphatic rings. The molecule has 0 saturated carbocycles. The molecule has 34 heavy (non-hydrogen) atoms. The Balaban J connectivity index is 1.43. The van der Waals surface area contributed by atoms with Crippen molar-refractivity contribution in [1.29, 1.82) is 0 Å². The van der Waals surface area contributed by atoms with Crippen LogP contribution in [0.4, 0.5) is 0 Å². The van der Waals surface area contributed by atoms with Crippen molar-refractivity contribution < 1.29 is 9.59 Å². The minimum Gasteiger partial charge on any atom is -0.340 e. The highest BCUT2D eigenvalue weighted by Gasteiger charge is 2.47. The highest BCUT2D eigenvalue weighted by Crippen LogP contribution is 2.43. The topological polar surface area (TPSA) is 71.3 Å². The van der Waals surface area contributed by atoms with Crippen LogP contribution < -0.4 is 0 Å². The van der Waals surface area contributed by atoms with Gasteiger partial charge in [-0.05, 0) is 49.9 Å². The van der Waals surface area contributed by atoms with E-state index < -0.39 is 0 Å². The zero-order valence-corrected chi connectivity index (χ0v) is 20.0. The Hall–Kier alpha value is -3.48. The van der Waals surface area contributed by atoms with Gasteiger partial charge in [-0.3, -0.25) is 14.6 Å². The molecule has 2 amide bonds. The van der Waals surface area contributed by atoms with E-state index in [0.717, 1.165) is 42.0 Å². The zero-order chi connectivity index (χ0) is 23.8. The van der Waals surface area contributed by atoms with E-state index in [1.54, 1.807) is 10.9 Å². The van der Waals surface area contributed by atoms with Gasteiger partial charge < -0.3 is 9.80 Å². The van der Waals surface area contributed by atoms with E-state index in [-0.39, 0.29) is 36.2 Å². The molecule has 1 fully saturated rings. The number of rotatable bonds is 5. The third kappa shape index (κ3) is 3.89. The number of hydrogen-bond acceptors (Lipinski definition) is 4. The highest BCUT2D eigenvalue weighted by molar-refractivity contribution is 5.99. The summed E-state index contributed by atoms with van der Waals surface area (Å²) in [5, 5.41) is 4.75. The van der Waals surface area contributed by atoms with Crippen LogP contribution in [0.25, 0.3) is 5.69 Å². The summed E-state index contributed by atoms with van der Waals surface area (Å²) in [6, 6.07) is 15.4. The first-order valence-corrected chi connectivity index (χ1v) is 12.1. The van der Waals surface area contributed by atoms with E-state index in [4.69, 9.17) is 5.10 Å². The second-order valence-corrected chi connectivity index (χ2v) is 9.63. The minimum absolute atomic E-state index is 0.0159. The van der Waals surface area contributed by atoms with E-state index in [9.17, 15) is 9.59 Å². The molecule has 1 aromatic carbocycles. The predicted molar refractivity (Wildman–Crippen MR) is 130 cm³/mol. The Kier molecular flexibility index (Phi) is 5.94. The van der Waals surface area contributed by atoms with Gasteiger partial charge in [-0.25, -0.2) is 4.68 Å². The zero-order valence-electron chi connectivity index (χ0n) is 20.0. The van der Waals surface area contributed by atoms with Gasteiger partial charge in [0.25, 0.3) is 5.91 Å². The molecule has 4 heterocycles. The molecule has 7 nitrogen and oxygen atoms in total. The molecule has 2 aliphatic heterocycles. The number of benzene rings is 1. The summed E-state index contributed by atoms with van der Waals surface area (Å²) in [5.74, 6) is 0.319. The smallest absolute Gasteiger partial charge is 0.273 e. The number of piperidine rings is 1. The largest absolute Gasteiger partial charge is 0.340 e. The molecule has 1 saturated heterocycles. The summed E-state index contributed by atoms with van der Waals surface area (Å²) >= 11 is 0. The number of likely N-dealkylation sites (tertiary alicyclic amines) is 1. The Bertz CT molecular complexity index is 1190. The summed E-state index contributed by atoms with van der Waals surface area (Å²) in [6.45, 7) is 7.59. The molecule has 0 radical (unpaired) electrons. The van der Waals surface area contributed by atoms with Gasteiger partial charge in [-0.15, -0.1) is 0 Å². The molecule has 5 rings (SSSR count). The molecule has 3 aromatic rings. The number of carbonyl (C=O) groups is 2. The van der Waals surface area contributed by atoms with Gasteiger partial charge in [0, 0.05) is 30.5 Å². The summed E-state index contributed by atoms with van der Waals surface area (Å²) in [7, 11) is 0. The molecule has 176 valence electrons. The molecule has 0 spiro atoms. The second kappa shape index (κ2) is 9.05. The van der Waals surface area contributed by atoms with Gasteiger partial charge in [-0.2, -0.15) is 5.10 Å². The molecule has 0 N–H and O–H groups in total. The van der Waals surface area contributed by atoms with Crippen LogP contribution in [0, 0.1) is 12.8 Å². The van der Waals surface area contributed by atoms with Crippen LogP contribution in [-0.2, 0) is 11.2 Å². The highest BCUT2D eigenvalue weighted by atomic mass is 16.2. The van der Waals surface area contributed by atoms with Crippen molar-refractivity contribution in [3.8, 4) is 5.69 Å². The Morgan fingerprint density at radius 3 is 2.59 bits per heavy atom. The van der Waals surface area contributed by atoms with Gasteiger partial charge >= 0.3 is 0 Å².